The Bertz CT molecular complexity index is 1100. The fraction of sp³-hybridized carbons (Fsp3) is 0.200. The molecule has 0 saturated heterocycles. The van der Waals surface area contributed by atoms with Crippen molar-refractivity contribution in [3.63, 3.8) is 0 Å². The van der Waals surface area contributed by atoms with E-state index in [0.29, 0.717) is 16.3 Å². The average Bonchev–Trinajstić information content (AvgIpc) is 2.73. The fourth-order valence-corrected chi connectivity index (χ4v) is 4.50. The third kappa shape index (κ3) is 4.58. The second-order valence-electron chi connectivity index (χ2n) is 6.40. The van der Waals surface area contributed by atoms with Gasteiger partial charge in [0.25, 0.3) is 0 Å². The van der Waals surface area contributed by atoms with E-state index >= 15 is 0 Å². The van der Waals surface area contributed by atoms with Gasteiger partial charge in [0.1, 0.15) is 5.75 Å². The van der Waals surface area contributed by atoms with Gasteiger partial charge in [0.05, 0.1) is 36.5 Å². The van der Waals surface area contributed by atoms with E-state index < -0.39 is 33.6 Å². The first-order chi connectivity index (χ1) is 14.2. The van der Waals surface area contributed by atoms with Crippen molar-refractivity contribution in [2.24, 2.45) is 0 Å². The van der Waals surface area contributed by atoms with Crippen molar-refractivity contribution in [3.8, 4) is 5.75 Å². The Morgan fingerprint density at radius 1 is 1.07 bits per heavy atom. The monoisotopic (exact) mass is 450 g/mol. The number of hydrogen-bond acceptors (Lipinski definition) is 6. The van der Waals surface area contributed by atoms with Crippen molar-refractivity contribution in [2.45, 2.75) is 10.9 Å². The molecule has 2 amide bonds. The molecule has 0 fully saturated rings. The highest BCUT2D eigenvalue weighted by atomic mass is 35.5. The molecule has 0 bridgehead atoms. The van der Waals surface area contributed by atoms with Gasteiger partial charge in [-0.1, -0.05) is 23.7 Å². The number of carbonyl (C=O) groups excluding carboxylic acids is 2. The van der Waals surface area contributed by atoms with Gasteiger partial charge in [0.15, 0.2) is 9.84 Å². The van der Waals surface area contributed by atoms with E-state index in [0.717, 1.165) is 0 Å². The SMILES string of the molecule is COC(=O)C1=C(CS(=O)(=O)c2ccc(OC)cc2)NC(=O)NC1c1ccc(Cl)cc1. The Balaban J connectivity index is 2.05. The highest BCUT2D eigenvalue weighted by Gasteiger charge is 2.35. The molecule has 1 unspecified atom stereocenters. The fourth-order valence-electron chi connectivity index (χ4n) is 3.04. The van der Waals surface area contributed by atoms with Crippen LogP contribution in [0.2, 0.25) is 5.02 Å². The number of rotatable bonds is 6. The standard InChI is InChI=1S/C20H19ClN2O6S/c1-28-14-7-9-15(10-8-14)30(26,27)11-16-17(19(24)29-2)18(23-20(25)22-16)12-3-5-13(21)6-4-12/h3-10,18H,11H2,1-2H3,(H2,22,23,25). The van der Waals surface area contributed by atoms with Crippen LogP contribution >= 0.6 is 11.6 Å². The first-order valence-electron chi connectivity index (χ1n) is 8.76. The molecule has 0 radical (unpaired) electrons. The average molecular weight is 451 g/mol. The Kier molecular flexibility index (Phi) is 6.33. The molecule has 1 aliphatic heterocycles. The van der Waals surface area contributed by atoms with Crippen LogP contribution in [0.15, 0.2) is 64.7 Å². The zero-order valence-electron chi connectivity index (χ0n) is 16.1. The van der Waals surface area contributed by atoms with Crippen molar-refractivity contribution < 1.29 is 27.5 Å². The predicted octanol–water partition coefficient (Wildman–Crippen LogP) is 2.60. The lowest BCUT2D eigenvalue weighted by Crippen LogP contribution is -2.47. The van der Waals surface area contributed by atoms with Crippen LogP contribution in [0.5, 0.6) is 5.75 Å². The summed E-state index contributed by atoms with van der Waals surface area (Å²) in [5.74, 6) is -0.856. The van der Waals surface area contributed by atoms with Crippen LogP contribution in [0.3, 0.4) is 0 Å². The third-order valence-electron chi connectivity index (χ3n) is 4.52. The number of urea groups is 1. The molecule has 8 nitrogen and oxygen atoms in total. The largest absolute Gasteiger partial charge is 0.497 e. The molecule has 30 heavy (non-hydrogen) atoms. The summed E-state index contributed by atoms with van der Waals surface area (Å²) in [7, 11) is -1.23. The number of halogens is 1. The van der Waals surface area contributed by atoms with Gasteiger partial charge in [-0.3, -0.25) is 0 Å². The molecule has 2 aromatic rings. The van der Waals surface area contributed by atoms with Gasteiger partial charge in [0.2, 0.25) is 0 Å². The van der Waals surface area contributed by atoms with Crippen LogP contribution in [-0.2, 0) is 19.4 Å². The molecule has 0 saturated carbocycles. The lowest BCUT2D eigenvalue weighted by molar-refractivity contribution is -0.136. The van der Waals surface area contributed by atoms with E-state index in [9.17, 15) is 18.0 Å². The maximum atomic E-state index is 12.9. The number of hydrogen-bond donors (Lipinski definition) is 2. The Hall–Kier alpha value is -3.04. The number of esters is 1. The van der Waals surface area contributed by atoms with Gasteiger partial charge in [-0.25, -0.2) is 18.0 Å². The normalized spacial score (nSPS) is 16.5. The van der Waals surface area contributed by atoms with Gasteiger partial charge in [-0.05, 0) is 42.0 Å². The van der Waals surface area contributed by atoms with E-state index in [2.05, 4.69) is 10.6 Å². The van der Waals surface area contributed by atoms with E-state index in [1.54, 1.807) is 24.3 Å². The smallest absolute Gasteiger partial charge is 0.338 e. The second kappa shape index (κ2) is 8.76. The quantitative estimate of drug-likeness (QED) is 0.654. The van der Waals surface area contributed by atoms with Crippen LogP contribution in [-0.4, -0.2) is 40.4 Å². The number of nitrogens with one attached hydrogen (secondary N) is 2. The molecule has 2 N–H and O–H groups in total. The minimum Gasteiger partial charge on any atom is -0.497 e. The number of carbonyl (C=O) groups is 2. The van der Waals surface area contributed by atoms with Crippen molar-refractivity contribution in [3.05, 3.63) is 70.4 Å². The van der Waals surface area contributed by atoms with Crippen LogP contribution in [0.4, 0.5) is 4.79 Å². The van der Waals surface area contributed by atoms with E-state index in [4.69, 9.17) is 21.1 Å². The number of sulfone groups is 1. The Labute approximate surface area is 178 Å². The molecule has 3 rings (SSSR count). The van der Waals surface area contributed by atoms with Crippen LogP contribution < -0.4 is 15.4 Å². The topological polar surface area (TPSA) is 111 Å². The molecule has 1 heterocycles. The minimum atomic E-state index is -3.88. The summed E-state index contributed by atoms with van der Waals surface area (Å²) in [5.41, 5.74) is 0.492. The number of benzene rings is 2. The van der Waals surface area contributed by atoms with Crippen LogP contribution in [0.1, 0.15) is 11.6 Å². The molecular formula is C20H19ClN2O6S. The molecule has 0 aliphatic carbocycles. The first-order valence-corrected chi connectivity index (χ1v) is 10.8. The highest BCUT2D eigenvalue weighted by molar-refractivity contribution is 7.91. The maximum Gasteiger partial charge on any atom is 0.338 e. The van der Waals surface area contributed by atoms with E-state index in [1.807, 2.05) is 0 Å². The molecular weight excluding hydrogens is 432 g/mol. The summed E-state index contributed by atoms with van der Waals surface area (Å²) in [4.78, 5) is 24.8. The molecule has 0 aromatic heterocycles. The molecule has 10 heteroatoms. The van der Waals surface area contributed by atoms with Gasteiger partial charge < -0.3 is 20.1 Å². The van der Waals surface area contributed by atoms with Crippen molar-refractivity contribution >= 4 is 33.4 Å². The lowest BCUT2D eigenvalue weighted by Gasteiger charge is -2.29. The number of ether oxygens (including phenoxy) is 2. The predicted molar refractivity (Wildman–Crippen MR) is 110 cm³/mol. The van der Waals surface area contributed by atoms with Gasteiger partial charge in [0, 0.05) is 10.7 Å². The third-order valence-corrected chi connectivity index (χ3v) is 6.43. The highest BCUT2D eigenvalue weighted by Crippen LogP contribution is 2.30. The number of methoxy groups -OCH3 is 2. The van der Waals surface area contributed by atoms with Crippen molar-refractivity contribution in [1.29, 1.82) is 0 Å². The van der Waals surface area contributed by atoms with Gasteiger partial charge >= 0.3 is 12.0 Å². The Morgan fingerprint density at radius 3 is 2.27 bits per heavy atom. The zero-order valence-corrected chi connectivity index (χ0v) is 17.7. The van der Waals surface area contributed by atoms with Crippen LogP contribution in [0, 0.1) is 0 Å². The molecule has 1 aliphatic rings. The second-order valence-corrected chi connectivity index (χ2v) is 8.83. The van der Waals surface area contributed by atoms with Crippen molar-refractivity contribution in [1.82, 2.24) is 10.6 Å². The number of amides is 2. The summed E-state index contributed by atoms with van der Waals surface area (Å²) in [6.45, 7) is 0. The van der Waals surface area contributed by atoms with Gasteiger partial charge in [-0.2, -0.15) is 0 Å². The minimum absolute atomic E-state index is 0.00323. The van der Waals surface area contributed by atoms with Gasteiger partial charge in [-0.15, -0.1) is 0 Å². The maximum absolute atomic E-state index is 12.9. The zero-order chi connectivity index (χ0) is 21.9. The molecule has 158 valence electrons. The summed E-state index contributed by atoms with van der Waals surface area (Å²) in [6.07, 6.45) is 0. The summed E-state index contributed by atoms with van der Waals surface area (Å²) in [5, 5.41) is 5.54. The molecule has 1 atom stereocenters. The lowest BCUT2D eigenvalue weighted by atomic mass is 9.95. The van der Waals surface area contributed by atoms with E-state index in [1.165, 1.54) is 38.5 Å². The first kappa shape index (κ1) is 21.7. The summed E-state index contributed by atoms with van der Waals surface area (Å²) in [6, 6.07) is 10.8. The summed E-state index contributed by atoms with van der Waals surface area (Å²) < 4.78 is 35.8. The van der Waals surface area contributed by atoms with E-state index in [-0.39, 0.29) is 16.2 Å². The molecule has 2 aromatic carbocycles. The molecule has 0 spiro atoms. The van der Waals surface area contributed by atoms with Crippen LogP contribution in [0.25, 0.3) is 0 Å². The summed E-state index contributed by atoms with van der Waals surface area (Å²) >= 11 is 5.92. The Morgan fingerprint density at radius 2 is 1.70 bits per heavy atom. The van der Waals surface area contributed by atoms with Crippen molar-refractivity contribution in [2.75, 3.05) is 20.0 Å².